The molecule has 0 aliphatic heterocycles. The molecule has 3 rings (SSSR count). The molecular weight excluding hydrogens is 411 g/mol. The fraction of sp³-hybridized carbons (Fsp3) is 0.227. The van der Waals surface area contributed by atoms with Crippen LogP contribution in [-0.4, -0.2) is 27.2 Å². The van der Waals surface area contributed by atoms with Crippen molar-refractivity contribution in [2.75, 3.05) is 5.73 Å². The molecule has 2 unspecified atom stereocenters. The third-order valence-electron chi connectivity index (χ3n) is 4.71. The van der Waals surface area contributed by atoms with Crippen LogP contribution in [0.1, 0.15) is 35.6 Å². The van der Waals surface area contributed by atoms with Crippen LogP contribution in [0.15, 0.2) is 54.6 Å². The Labute approximate surface area is 176 Å². The van der Waals surface area contributed by atoms with Crippen molar-refractivity contribution in [3.05, 3.63) is 71.3 Å². The van der Waals surface area contributed by atoms with Gasteiger partial charge in [0.15, 0.2) is 0 Å². The molecule has 0 fully saturated rings. The Bertz CT molecular complexity index is 1070. The third kappa shape index (κ3) is 5.30. The van der Waals surface area contributed by atoms with Crippen molar-refractivity contribution in [2.45, 2.75) is 32.0 Å². The second kappa shape index (κ2) is 8.63. The van der Waals surface area contributed by atoms with Gasteiger partial charge in [0.25, 0.3) is 0 Å². The van der Waals surface area contributed by atoms with Gasteiger partial charge in [0.1, 0.15) is 0 Å². The van der Waals surface area contributed by atoms with Crippen LogP contribution < -0.4 is 10.5 Å². The van der Waals surface area contributed by atoms with Crippen LogP contribution in [0.4, 0.5) is 19.1 Å². The van der Waals surface area contributed by atoms with E-state index in [4.69, 9.17) is 15.6 Å². The Balaban J connectivity index is 1.92. The summed E-state index contributed by atoms with van der Waals surface area (Å²) in [7, 11) is 0. The van der Waals surface area contributed by atoms with E-state index in [9.17, 15) is 18.0 Å². The van der Waals surface area contributed by atoms with Gasteiger partial charge in [0.2, 0.25) is 17.9 Å². The summed E-state index contributed by atoms with van der Waals surface area (Å²) >= 11 is 0. The van der Waals surface area contributed by atoms with Gasteiger partial charge < -0.3 is 15.6 Å². The van der Waals surface area contributed by atoms with Crippen molar-refractivity contribution >= 4 is 11.9 Å². The highest BCUT2D eigenvalue weighted by Gasteiger charge is 2.43. The average molecular weight is 431 g/mol. The lowest BCUT2D eigenvalue weighted by Gasteiger charge is -2.22. The number of nitrogens with two attached hydrogens (primary N) is 1. The minimum atomic E-state index is -4.68. The second-order valence-corrected chi connectivity index (χ2v) is 7.08. The highest BCUT2D eigenvalue weighted by molar-refractivity contribution is 5.76. The number of carboxylic acids is 1. The zero-order chi connectivity index (χ0) is 22.8. The first kappa shape index (κ1) is 22.1. The lowest BCUT2D eigenvalue weighted by molar-refractivity contribution is -0.198. The molecule has 1 aromatic heterocycles. The summed E-state index contributed by atoms with van der Waals surface area (Å²) < 4.78 is 46.2. The van der Waals surface area contributed by atoms with Crippen LogP contribution >= 0.6 is 0 Å². The molecule has 0 amide bonds. The van der Waals surface area contributed by atoms with Gasteiger partial charge >= 0.3 is 12.1 Å². The fourth-order valence-electron chi connectivity index (χ4n) is 2.92. The van der Waals surface area contributed by atoms with E-state index in [1.165, 1.54) is 18.2 Å². The van der Waals surface area contributed by atoms with Gasteiger partial charge in [-0.1, -0.05) is 54.1 Å². The molecule has 0 aliphatic rings. The molecule has 0 aliphatic carbocycles. The maximum absolute atomic E-state index is 13.7. The molecule has 3 N–H and O–H groups in total. The van der Waals surface area contributed by atoms with Crippen molar-refractivity contribution in [1.82, 2.24) is 9.97 Å². The number of anilines is 1. The number of aliphatic carboxylic acids is 1. The van der Waals surface area contributed by atoms with E-state index in [0.29, 0.717) is 11.1 Å². The highest BCUT2D eigenvalue weighted by atomic mass is 19.4. The maximum atomic E-state index is 13.7. The number of carbonyl (C=O) groups is 1. The van der Waals surface area contributed by atoms with Crippen LogP contribution in [0, 0.1) is 6.92 Å². The summed E-state index contributed by atoms with van der Waals surface area (Å²) in [6, 6.07) is 13.5. The molecule has 2 atom stereocenters. The molecule has 31 heavy (non-hydrogen) atoms. The number of nitrogens with zero attached hydrogens (tertiary/aromatic N) is 2. The van der Waals surface area contributed by atoms with E-state index in [1.54, 1.807) is 50.2 Å². The average Bonchev–Trinajstić information content (AvgIpc) is 2.71. The van der Waals surface area contributed by atoms with Gasteiger partial charge in [-0.15, -0.1) is 0 Å². The summed E-state index contributed by atoms with van der Waals surface area (Å²) in [5.74, 6) is -2.25. The molecule has 1 heterocycles. The summed E-state index contributed by atoms with van der Waals surface area (Å²) in [6.45, 7) is 3.32. The van der Waals surface area contributed by atoms with Gasteiger partial charge in [0.05, 0.1) is 11.6 Å². The van der Waals surface area contributed by atoms with Crippen LogP contribution in [0.25, 0.3) is 11.3 Å². The number of nitrogen functional groups attached to an aromatic ring is 1. The van der Waals surface area contributed by atoms with Crippen LogP contribution in [0.5, 0.6) is 5.88 Å². The number of halogens is 3. The van der Waals surface area contributed by atoms with E-state index in [-0.39, 0.29) is 23.1 Å². The van der Waals surface area contributed by atoms with E-state index in [2.05, 4.69) is 9.97 Å². The largest absolute Gasteiger partial charge is 0.481 e. The zero-order valence-electron chi connectivity index (χ0n) is 16.7. The number of hydrogen-bond acceptors (Lipinski definition) is 5. The van der Waals surface area contributed by atoms with Crippen molar-refractivity contribution in [3.63, 3.8) is 0 Å². The topological polar surface area (TPSA) is 98.3 Å². The molecule has 6 nitrogen and oxygen atoms in total. The Morgan fingerprint density at radius 3 is 2.16 bits per heavy atom. The van der Waals surface area contributed by atoms with E-state index in [0.717, 1.165) is 5.56 Å². The van der Waals surface area contributed by atoms with Gasteiger partial charge in [-0.3, -0.25) is 4.79 Å². The number of alkyl halides is 3. The number of benzene rings is 2. The smallest absolute Gasteiger partial charge is 0.429 e. The van der Waals surface area contributed by atoms with Crippen LogP contribution in [-0.2, 0) is 4.79 Å². The Morgan fingerprint density at radius 1 is 1.03 bits per heavy atom. The predicted molar refractivity (Wildman–Crippen MR) is 109 cm³/mol. The number of rotatable bonds is 6. The minimum absolute atomic E-state index is 0.0659. The lowest BCUT2D eigenvalue weighted by atomic mass is 9.99. The fourth-order valence-corrected chi connectivity index (χ4v) is 2.92. The monoisotopic (exact) mass is 431 g/mol. The molecular formula is C22H20F3N3O3. The lowest BCUT2D eigenvalue weighted by Crippen LogP contribution is -2.26. The Hall–Kier alpha value is -3.62. The first-order valence-electron chi connectivity index (χ1n) is 9.32. The SMILES string of the molecule is Cc1ccc(C(Oc2cc(-c3ccc(C(C)C(=O)O)cc3)nc(N)n2)C(F)(F)F)cc1. The maximum Gasteiger partial charge on any atom is 0.429 e. The van der Waals surface area contributed by atoms with Crippen molar-refractivity contribution in [2.24, 2.45) is 0 Å². The molecule has 0 radical (unpaired) electrons. The zero-order valence-corrected chi connectivity index (χ0v) is 16.7. The molecule has 9 heteroatoms. The summed E-state index contributed by atoms with van der Waals surface area (Å²) in [6.07, 6.45) is -6.90. The molecule has 0 saturated heterocycles. The normalized spacial score (nSPS) is 13.5. The van der Waals surface area contributed by atoms with Gasteiger partial charge in [-0.25, -0.2) is 4.98 Å². The standard InChI is InChI=1S/C22H20F3N3O3/c1-12-3-5-16(6-4-12)19(22(23,24)25)31-18-11-17(27-21(26)28-18)15-9-7-14(8-10-15)13(2)20(29)30/h3-11,13,19H,1-2H3,(H,29,30)(H2,26,27,28). The van der Waals surface area contributed by atoms with Crippen LogP contribution in [0.2, 0.25) is 0 Å². The third-order valence-corrected chi connectivity index (χ3v) is 4.71. The van der Waals surface area contributed by atoms with Gasteiger partial charge in [-0.05, 0) is 19.4 Å². The van der Waals surface area contributed by atoms with Crippen molar-refractivity contribution in [1.29, 1.82) is 0 Å². The molecule has 3 aromatic rings. The quantitative estimate of drug-likeness (QED) is 0.576. The first-order valence-corrected chi connectivity index (χ1v) is 9.32. The molecule has 0 bridgehead atoms. The summed E-state index contributed by atoms with van der Waals surface area (Å²) in [5, 5.41) is 9.11. The van der Waals surface area contributed by atoms with Crippen molar-refractivity contribution in [3.8, 4) is 17.1 Å². The summed E-state index contributed by atoms with van der Waals surface area (Å²) in [5.41, 5.74) is 7.80. The minimum Gasteiger partial charge on any atom is -0.481 e. The van der Waals surface area contributed by atoms with E-state index >= 15 is 0 Å². The molecule has 162 valence electrons. The highest BCUT2D eigenvalue weighted by Crippen LogP contribution is 2.37. The van der Waals surface area contributed by atoms with Gasteiger partial charge in [-0.2, -0.15) is 18.2 Å². The first-order chi connectivity index (χ1) is 14.5. The predicted octanol–water partition coefficient (Wildman–Crippen LogP) is 4.90. The second-order valence-electron chi connectivity index (χ2n) is 7.08. The molecule has 2 aromatic carbocycles. The number of aryl methyl sites for hydroxylation is 1. The summed E-state index contributed by atoms with van der Waals surface area (Å²) in [4.78, 5) is 19.0. The van der Waals surface area contributed by atoms with Crippen LogP contribution in [0.3, 0.4) is 0 Å². The Morgan fingerprint density at radius 2 is 1.61 bits per heavy atom. The van der Waals surface area contributed by atoms with E-state index in [1.807, 2.05) is 0 Å². The van der Waals surface area contributed by atoms with E-state index < -0.39 is 24.2 Å². The number of ether oxygens (including phenoxy) is 1. The number of carboxylic acid groups (broad SMARTS) is 1. The number of aromatic nitrogens is 2. The molecule has 0 saturated carbocycles. The van der Waals surface area contributed by atoms with Crippen molar-refractivity contribution < 1.29 is 27.8 Å². The van der Waals surface area contributed by atoms with Gasteiger partial charge in [0, 0.05) is 17.2 Å². The number of hydrogen-bond donors (Lipinski definition) is 2. The Kier molecular flexibility index (Phi) is 6.14. The molecule has 0 spiro atoms.